The number of benzene rings is 1. The zero-order valence-corrected chi connectivity index (χ0v) is 19.6. The van der Waals surface area contributed by atoms with Crippen LogP contribution in [0, 0.1) is 0 Å². The van der Waals surface area contributed by atoms with Gasteiger partial charge in [-0.1, -0.05) is 18.4 Å². The van der Waals surface area contributed by atoms with Gasteiger partial charge in [-0.15, -0.1) is 0 Å². The topological polar surface area (TPSA) is 67.5 Å². The molecular weight excluding hydrogens is 442 g/mol. The molecule has 0 N–H and O–H groups in total. The molecule has 34 heavy (non-hydrogen) atoms. The first-order valence-corrected chi connectivity index (χ1v) is 11.5. The maximum absolute atomic E-state index is 14.0. The lowest BCUT2D eigenvalue weighted by molar-refractivity contribution is 0.0674. The Morgan fingerprint density at radius 3 is 2.50 bits per heavy atom. The Hall–Kier alpha value is -3.23. The molecule has 0 bridgehead atoms. The van der Waals surface area contributed by atoms with Crippen molar-refractivity contribution in [3.05, 3.63) is 42.2 Å². The van der Waals surface area contributed by atoms with Crippen LogP contribution in [0.3, 0.4) is 0 Å². The van der Waals surface area contributed by atoms with Crippen molar-refractivity contribution in [2.75, 3.05) is 46.5 Å². The van der Waals surface area contributed by atoms with Crippen LogP contribution in [-0.4, -0.2) is 77.6 Å². The zero-order valence-electron chi connectivity index (χ0n) is 19.6. The fraction of sp³-hybridized carbons (Fsp3) is 0.500. The van der Waals surface area contributed by atoms with Crippen molar-refractivity contribution in [2.24, 2.45) is 9.98 Å². The average Bonchev–Trinajstić information content (AvgIpc) is 3.28. The smallest absolute Gasteiger partial charge is 0.296 e. The summed E-state index contributed by atoms with van der Waals surface area (Å²) in [5, 5.41) is 0. The molecule has 0 amide bonds. The van der Waals surface area contributed by atoms with Gasteiger partial charge >= 0.3 is 0 Å². The third-order valence-electron chi connectivity index (χ3n) is 5.99. The van der Waals surface area contributed by atoms with Gasteiger partial charge in [0.05, 0.1) is 25.8 Å². The number of hydrogen-bond acceptors (Lipinski definition) is 5. The van der Waals surface area contributed by atoms with Crippen LogP contribution in [0.25, 0.3) is 11.0 Å². The molecule has 4 rings (SSSR count). The van der Waals surface area contributed by atoms with Crippen LogP contribution in [0.5, 0.6) is 5.75 Å². The second-order valence-corrected chi connectivity index (χ2v) is 8.15. The van der Waals surface area contributed by atoms with Crippen LogP contribution in [-0.2, 0) is 4.74 Å². The average molecular weight is 473 g/mol. The molecule has 8 nitrogen and oxygen atoms in total. The molecule has 0 unspecified atom stereocenters. The Bertz CT molecular complexity index is 1120. The first-order valence-electron chi connectivity index (χ1n) is 11.5. The van der Waals surface area contributed by atoms with E-state index in [9.17, 15) is 8.78 Å². The quantitative estimate of drug-likeness (QED) is 0.382. The fourth-order valence-electron chi connectivity index (χ4n) is 4.29. The highest BCUT2D eigenvalue weighted by Crippen LogP contribution is 2.30. The molecule has 0 spiro atoms. The number of guanidine groups is 1. The summed E-state index contributed by atoms with van der Waals surface area (Å²) in [5.41, 5.74) is 3.80. The SMILES string of the molecule is C=C=C(/N=C(\N=C(/C)n1c(C(F)F)nc2c(OC)cccc21)N1CCOCC1)N1CCCCC1. The standard InChI is InChI=1S/C24H30F2N6O2/c1-4-20(30-11-6-5-7-12-30)28-24(31-13-15-34-16-14-31)27-17(2)32-18-9-8-10-19(33-3)21(18)29-23(32)22(25)26/h8-10,22H,1,5-7,11-16H2,2-3H3/b27-17+,28-24+. The van der Waals surface area contributed by atoms with Crippen molar-refractivity contribution in [3.63, 3.8) is 0 Å². The molecule has 2 aromatic rings. The number of rotatable bonds is 4. The number of hydrogen-bond donors (Lipinski definition) is 0. The van der Waals surface area contributed by atoms with Crippen molar-refractivity contribution >= 4 is 22.8 Å². The third-order valence-corrected chi connectivity index (χ3v) is 5.99. The van der Waals surface area contributed by atoms with Crippen LogP contribution in [0.2, 0.25) is 0 Å². The first kappa shape index (κ1) is 23.9. The van der Waals surface area contributed by atoms with Crippen molar-refractivity contribution in [1.82, 2.24) is 19.4 Å². The lowest BCUT2D eigenvalue weighted by atomic mass is 10.1. The summed E-state index contributed by atoms with van der Waals surface area (Å²) in [6.07, 6.45) is 0.557. The van der Waals surface area contributed by atoms with E-state index in [-0.39, 0.29) is 0 Å². The highest BCUT2D eigenvalue weighted by atomic mass is 19.3. The summed E-state index contributed by atoms with van der Waals surface area (Å²) in [5.74, 6) is 1.40. The van der Waals surface area contributed by atoms with E-state index >= 15 is 0 Å². The summed E-state index contributed by atoms with van der Waals surface area (Å²) in [6, 6.07) is 5.17. The minimum absolute atomic E-state index is 0.332. The Labute approximate surface area is 197 Å². The molecule has 0 atom stereocenters. The summed E-state index contributed by atoms with van der Waals surface area (Å²) in [6.45, 7) is 9.54. The predicted molar refractivity (Wildman–Crippen MR) is 128 cm³/mol. The van der Waals surface area contributed by atoms with E-state index in [2.05, 4.69) is 22.2 Å². The van der Waals surface area contributed by atoms with E-state index in [0.29, 0.717) is 60.7 Å². The van der Waals surface area contributed by atoms with Gasteiger partial charge < -0.3 is 19.3 Å². The van der Waals surface area contributed by atoms with Gasteiger partial charge in [-0.2, -0.15) is 9.98 Å². The molecule has 2 fully saturated rings. The Balaban J connectivity index is 1.81. The minimum atomic E-state index is -2.79. The summed E-state index contributed by atoms with van der Waals surface area (Å²) < 4.78 is 40.2. The van der Waals surface area contributed by atoms with Crippen molar-refractivity contribution in [3.8, 4) is 5.75 Å². The molecule has 2 aliphatic heterocycles. The van der Waals surface area contributed by atoms with Crippen molar-refractivity contribution in [2.45, 2.75) is 32.6 Å². The van der Waals surface area contributed by atoms with Gasteiger partial charge in [0, 0.05) is 26.2 Å². The fourth-order valence-corrected chi connectivity index (χ4v) is 4.29. The van der Waals surface area contributed by atoms with E-state index in [4.69, 9.17) is 19.5 Å². The summed E-state index contributed by atoms with van der Waals surface area (Å²) >= 11 is 0. The molecular formula is C24H30F2N6O2. The molecule has 2 saturated heterocycles. The predicted octanol–water partition coefficient (Wildman–Crippen LogP) is 4.05. The van der Waals surface area contributed by atoms with Crippen LogP contribution < -0.4 is 4.74 Å². The number of ether oxygens (including phenoxy) is 2. The van der Waals surface area contributed by atoms with E-state index in [1.165, 1.54) is 18.1 Å². The van der Waals surface area contributed by atoms with E-state index < -0.39 is 12.2 Å². The third kappa shape index (κ3) is 4.98. The van der Waals surface area contributed by atoms with E-state index in [1.54, 1.807) is 25.1 Å². The molecule has 1 aromatic carbocycles. The maximum Gasteiger partial charge on any atom is 0.296 e. The van der Waals surface area contributed by atoms with Crippen LogP contribution in [0.15, 0.2) is 46.3 Å². The van der Waals surface area contributed by atoms with Crippen molar-refractivity contribution in [1.29, 1.82) is 0 Å². The number of piperidine rings is 1. The van der Waals surface area contributed by atoms with Gasteiger partial charge in [-0.05, 0) is 38.3 Å². The number of morpholine rings is 1. The molecule has 182 valence electrons. The Morgan fingerprint density at radius 1 is 1.12 bits per heavy atom. The van der Waals surface area contributed by atoms with Gasteiger partial charge in [0.25, 0.3) is 6.43 Å². The monoisotopic (exact) mass is 472 g/mol. The van der Waals surface area contributed by atoms with Crippen LogP contribution >= 0.6 is 0 Å². The minimum Gasteiger partial charge on any atom is -0.494 e. The lowest BCUT2D eigenvalue weighted by Gasteiger charge is -2.30. The number of halogens is 2. The van der Waals surface area contributed by atoms with Gasteiger partial charge in [-0.25, -0.2) is 13.8 Å². The normalized spacial score (nSPS) is 17.9. The van der Waals surface area contributed by atoms with E-state index in [1.807, 2.05) is 4.90 Å². The summed E-state index contributed by atoms with van der Waals surface area (Å²) in [4.78, 5) is 17.9. The number of nitrogens with zero attached hydrogens (tertiary/aromatic N) is 6. The van der Waals surface area contributed by atoms with Crippen LogP contribution in [0.1, 0.15) is 38.4 Å². The van der Waals surface area contributed by atoms with Gasteiger partial charge in [0.15, 0.2) is 11.6 Å². The van der Waals surface area contributed by atoms with E-state index in [0.717, 1.165) is 25.9 Å². The zero-order chi connectivity index (χ0) is 24.1. The number of methoxy groups -OCH3 is 1. The molecule has 3 heterocycles. The number of fused-ring (bicyclic) bond motifs is 1. The second kappa shape index (κ2) is 10.8. The van der Waals surface area contributed by atoms with Crippen LogP contribution in [0.4, 0.5) is 8.78 Å². The molecule has 1 aromatic heterocycles. The highest BCUT2D eigenvalue weighted by molar-refractivity contribution is 6.01. The number of aliphatic imine (C=N–C) groups is 2. The van der Waals surface area contributed by atoms with Gasteiger partial charge in [-0.3, -0.25) is 4.57 Å². The number of imidazole rings is 1. The molecule has 2 aliphatic rings. The molecule has 0 aliphatic carbocycles. The molecule has 0 radical (unpaired) electrons. The number of aromatic nitrogens is 2. The number of likely N-dealkylation sites (tertiary alicyclic amines) is 1. The molecule has 10 heteroatoms. The maximum atomic E-state index is 14.0. The number of para-hydroxylation sites is 1. The summed E-state index contributed by atoms with van der Waals surface area (Å²) in [7, 11) is 1.49. The van der Waals surface area contributed by atoms with Crippen molar-refractivity contribution < 1.29 is 18.3 Å². The first-order chi connectivity index (χ1) is 16.5. The Morgan fingerprint density at radius 2 is 1.85 bits per heavy atom. The largest absolute Gasteiger partial charge is 0.494 e. The van der Waals surface area contributed by atoms with Gasteiger partial charge in [0.1, 0.15) is 17.1 Å². The molecule has 0 saturated carbocycles. The lowest BCUT2D eigenvalue weighted by Crippen LogP contribution is -2.41. The Kier molecular flexibility index (Phi) is 7.59. The van der Waals surface area contributed by atoms with Gasteiger partial charge in [0.2, 0.25) is 5.96 Å². The second-order valence-electron chi connectivity index (χ2n) is 8.15. The number of alkyl halides is 2. The highest BCUT2D eigenvalue weighted by Gasteiger charge is 2.24.